The molecule has 0 saturated carbocycles. The van der Waals surface area contributed by atoms with Crippen molar-refractivity contribution in [2.75, 3.05) is 5.73 Å². The maximum Gasteiger partial charge on any atom is 0.251 e. The van der Waals surface area contributed by atoms with Gasteiger partial charge in [-0.15, -0.1) is 0 Å². The van der Waals surface area contributed by atoms with E-state index >= 15 is 0 Å². The second-order valence-electron chi connectivity index (χ2n) is 4.83. The number of carbonyl (C=O) groups is 1. The van der Waals surface area contributed by atoms with Crippen molar-refractivity contribution < 1.29 is 4.79 Å². The normalized spacial score (nSPS) is 10.4. The van der Waals surface area contributed by atoms with Gasteiger partial charge in [0.1, 0.15) is 5.82 Å². The highest BCUT2D eigenvalue weighted by Crippen LogP contribution is 2.12. The van der Waals surface area contributed by atoms with Crippen LogP contribution in [0.4, 0.5) is 5.82 Å². The molecule has 0 aliphatic carbocycles. The van der Waals surface area contributed by atoms with Crippen LogP contribution in [0.1, 0.15) is 35.0 Å². The first kappa shape index (κ1) is 15.5. The molecule has 1 aromatic carbocycles. The molecule has 2 aromatic rings. The molecule has 4 nitrogen and oxygen atoms in total. The van der Waals surface area contributed by atoms with Crippen LogP contribution in [-0.2, 0) is 13.0 Å². The third-order valence-electron chi connectivity index (χ3n) is 3.01. The molecule has 0 aliphatic rings. The van der Waals surface area contributed by atoms with Crippen molar-refractivity contribution in [3.8, 4) is 0 Å². The highest BCUT2D eigenvalue weighted by atomic mass is 79.9. The zero-order chi connectivity index (χ0) is 15.2. The number of nitrogen functional groups attached to an aromatic ring is 1. The number of halogens is 1. The lowest BCUT2D eigenvalue weighted by atomic mass is 10.1. The van der Waals surface area contributed by atoms with Crippen LogP contribution in [-0.4, -0.2) is 10.9 Å². The van der Waals surface area contributed by atoms with Gasteiger partial charge in [0.2, 0.25) is 0 Å². The van der Waals surface area contributed by atoms with E-state index in [0.29, 0.717) is 17.9 Å². The number of rotatable bonds is 5. The number of aromatic nitrogens is 1. The summed E-state index contributed by atoms with van der Waals surface area (Å²) in [4.78, 5) is 16.4. The van der Waals surface area contributed by atoms with Crippen molar-refractivity contribution in [3.05, 3.63) is 57.7 Å². The van der Waals surface area contributed by atoms with Gasteiger partial charge in [-0.05, 0) is 36.2 Å². The summed E-state index contributed by atoms with van der Waals surface area (Å²) in [6.07, 6.45) is 1.78. The van der Waals surface area contributed by atoms with Crippen LogP contribution in [0.25, 0.3) is 0 Å². The summed E-state index contributed by atoms with van der Waals surface area (Å²) in [6, 6.07) is 11.2. The van der Waals surface area contributed by atoms with Crippen LogP contribution in [0.5, 0.6) is 0 Å². The number of aryl methyl sites for hydroxylation is 1. The summed E-state index contributed by atoms with van der Waals surface area (Å²) in [5.41, 5.74) is 8.20. The van der Waals surface area contributed by atoms with Gasteiger partial charge >= 0.3 is 0 Å². The molecule has 1 amide bonds. The fourth-order valence-corrected chi connectivity index (χ4v) is 2.50. The summed E-state index contributed by atoms with van der Waals surface area (Å²) in [7, 11) is 0. The predicted molar refractivity (Wildman–Crippen MR) is 88.0 cm³/mol. The lowest BCUT2D eigenvalue weighted by Gasteiger charge is -2.08. The van der Waals surface area contributed by atoms with Crippen LogP contribution in [0.2, 0.25) is 0 Å². The molecular formula is C16H18BrN3O. The molecular weight excluding hydrogens is 330 g/mol. The molecule has 0 aliphatic heterocycles. The van der Waals surface area contributed by atoms with Gasteiger partial charge in [-0.3, -0.25) is 4.79 Å². The van der Waals surface area contributed by atoms with Crippen molar-refractivity contribution in [1.82, 2.24) is 10.3 Å². The van der Waals surface area contributed by atoms with Gasteiger partial charge < -0.3 is 11.1 Å². The highest BCUT2D eigenvalue weighted by molar-refractivity contribution is 9.10. The summed E-state index contributed by atoms with van der Waals surface area (Å²) in [5, 5.41) is 2.90. The smallest absolute Gasteiger partial charge is 0.251 e. The second-order valence-corrected chi connectivity index (χ2v) is 5.75. The molecule has 0 spiro atoms. The Hall–Kier alpha value is -1.88. The highest BCUT2D eigenvalue weighted by Gasteiger charge is 2.08. The van der Waals surface area contributed by atoms with Gasteiger partial charge in [0.15, 0.2) is 0 Å². The molecule has 21 heavy (non-hydrogen) atoms. The molecule has 0 fully saturated rings. The Morgan fingerprint density at radius 1 is 1.33 bits per heavy atom. The largest absolute Gasteiger partial charge is 0.384 e. The molecule has 2 rings (SSSR count). The number of hydrogen-bond donors (Lipinski definition) is 2. The summed E-state index contributed by atoms with van der Waals surface area (Å²) < 4.78 is 0.993. The fourth-order valence-electron chi connectivity index (χ4n) is 2.06. The second kappa shape index (κ2) is 7.22. The number of hydrogen-bond acceptors (Lipinski definition) is 3. The fraction of sp³-hybridized carbons (Fsp3) is 0.250. The number of benzene rings is 1. The van der Waals surface area contributed by atoms with Crippen molar-refractivity contribution >= 4 is 27.7 Å². The summed E-state index contributed by atoms with van der Waals surface area (Å²) in [6.45, 7) is 2.54. The lowest BCUT2D eigenvalue weighted by molar-refractivity contribution is 0.0950. The van der Waals surface area contributed by atoms with Crippen LogP contribution in [0.3, 0.4) is 0 Å². The Bertz CT molecular complexity index is 643. The average Bonchev–Trinajstić information content (AvgIpc) is 2.44. The van der Waals surface area contributed by atoms with E-state index < -0.39 is 0 Å². The van der Waals surface area contributed by atoms with Crippen molar-refractivity contribution in [3.63, 3.8) is 0 Å². The minimum atomic E-state index is -0.138. The maximum atomic E-state index is 12.2. The molecule has 0 unspecified atom stereocenters. The van der Waals surface area contributed by atoms with Gasteiger partial charge in [-0.2, -0.15) is 0 Å². The minimum Gasteiger partial charge on any atom is -0.384 e. The Morgan fingerprint density at radius 2 is 2.14 bits per heavy atom. The first-order valence-electron chi connectivity index (χ1n) is 6.87. The summed E-state index contributed by atoms with van der Waals surface area (Å²) >= 11 is 3.41. The van der Waals surface area contributed by atoms with Gasteiger partial charge in [-0.25, -0.2) is 4.98 Å². The standard InChI is InChI=1S/C16H18BrN3O/c1-2-4-14-8-12(9-15(18)20-14)16(21)19-10-11-5-3-6-13(17)7-11/h3,5-9H,2,4,10H2,1H3,(H2,18,20)(H,19,21). The van der Waals surface area contributed by atoms with E-state index in [1.54, 1.807) is 12.1 Å². The van der Waals surface area contributed by atoms with Crippen molar-refractivity contribution in [2.24, 2.45) is 0 Å². The van der Waals surface area contributed by atoms with Gasteiger partial charge in [0, 0.05) is 22.3 Å². The van der Waals surface area contributed by atoms with Crippen LogP contribution in [0, 0.1) is 0 Å². The molecule has 1 aromatic heterocycles. The minimum absolute atomic E-state index is 0.138. The third kappa shape index (κ3) is 4.56. The van der Waals surface area contributed by atoms with E-state index in [0.717, 1.165) is 28.6 Å². The van der Waals surface area contributed by atoms with Gasteiger partial charge in [0.05, 0.1) is 0 Å². The summed E-state index contributed by atoms with van der Waals surface area (Å²) in [5.74, 6) is 0.245. The Labute approximate surface area is 132 Å². The number of pyridine rings is 1. The van der Waals surface area contributed by atoms with E-state index in [4.69, 9.17) is 5.73 Å². The van der Waals surface area contributed by atoms with Gasteiger partial charge in [0.25, 0.3) is 5.91 Å². The molecule has 1 heterocycles. The lowest BCUT2D eigenvalue weighted by Crippen LogP contribution is -2.23. The number of nitrogens with one attached hydrogen (secondary N) is 1. The average molecular weight is 348 g/mol. The topological polar surface area (TPSA) is 68.0 Å². The molecule has 0 radical (unpaired) electrons. The van der Waals surface area contributed by atoms with E-state index in [2.05, 4.69) is 33.2 Å². The van der Waals surface area contributed by atoms with E-state index in [-0.39, 0.29) is 5.91 Å². The van der Waals surface area contributed by atoms with Crippen molar-refractivity contribution in [2.45, 2.75) is 26.3 Å². The third-order valence-corrected chi connectivity index (χ3v) is 3.50. The number of nitrogens with zero attached hydrogens (tertiary/aromatic N) is 1. The molecule has 0 bridgehead atoms. The Morgan fingerprint density at radius 3 is 2.86 bits per heavy atom. The first-order chi connectivity index (χ1) is 10.1. The van der Waals surface area contributed by atoms with E-state index in [9.17, 15) is 4.79 Å². The molecule has 0 saturated heterocycles. The van der Waals surface area contributed by atoms with Crippen LogP contribution < -0.4 is 11.1 Å². The molecule has 0 atom stereocenters. The Kier molecular flexibility index (Phi) is 5.33. The monoisotopic (exact) mass is 347 g/mol. The predicted octanol–water partition coefficient (Wildman–Crippen LogP) is 3.31. The quantitative estimate of drug-likeness (QED) is 0.871. The molecule has 5 heteroatoms. The number of anilines is 1. The molecule has 3 N–H and O–H groups in total. The van der Waals surface area contributed by atoms with E-state index in [1.807, 2.05) is 24.3 Å². The number of amides is 1. The zero-order valence-electron chi connectivity index (χ0n) is 11.9. The van der Waals surface area contributed by atoms with Crippen molar-refractivity contribution in [1.29, 1.82) is 0 Å². The number of nitrogens with two attached hydrogens (primary N) is 1. The van der Waals surface area contributed by atoms with Crippen LogP contribution in [0.15, 0.2) is 40.9 Å². The number of carbonyl (C=O) groups excluding carboxylic acids is 1. The molecule has 110 valence electrons. The van der Waals surface area contributed by atoms with Gasteiger partial charge in [-0.1, -0.05) is 41.4 Å². The van der Waals surface area contributed by atoms with E-state index in [1.165, 1.54) is 0 Å². The Balaban J connectivity index is 2.06. The zero-order valence-corrected chi connectivity index (χ0v) is 13.5. The SMILES string of the molecule is CCCc1cc(C(=O)NCc2cccc(Br)c2)cc(N)n1. The first-order valence-corrected chi connectivity index (χ1v) is 7.67. The maximum absolute atomic E-state index is 12.2. The van der Waals surface area contributed by atoms with Crippen LogP contribution >= 0.6 is 15.9 Å².